The zero-order chi connectivity index (χ0) is 14.0. The van der Waals surface area contributed by atoms with Gasteiger partial charge in [-0.3, -0.25) is 4.68 Å². The molecule has 5 heteroatoms. The molecular formula is C14H17N3O2. The van der Waals surface area contributed by atoms with Crippen LogP contribution in [0.5, 0.6) is 0 Å². The van der Waals surface area contributed by atoms with Gasteiger partial charge in [-0.05, 0) is 25.5 Å². The highest BCUT2D eigenvalue weighted by molar-refractivity contribution is 5.95. The van der Waals surface area contributed by atoms with Gasteiger partial charge in [-0.15, -0.1) is 0 Å². The molecule has 0 aliphatic rings. The maximum atomic E-state index is 11.3. The molecule has 0 bridgehead atoms. The molecule has 1 heterocycles. The summed E-state index contributed by atoms with van der Waals surface area (Å²) < 4.78 is 1.72. The topological polar surface area (TPSA) is 67.2 Å². The van der Waals surface area contributed by atoms with Crippen molar-refractivity contribution in [3.05, 3.63) is 41.2 Å². The van der Waals surface area contributed by atoms with Crippen LogP contribution in [0.3, 0.4) is 0 Å². The zero-order valence-electron chi connectivity index (χ0n) is 11.3. The van der Waals surface area contributed by atoms with Gasteiger partial charge in [-0.1, -0.05) is 18.6 Å². The zero-order valence-corrected chi connectivity index (χ0v) is 11.3. The van der Waals surface area contributed by atoms with Crippen LogP contribution in [0.1, 0.15) is 28.5 Å². The van der Waals surface area contributed by atoms with E-state index in [2.05, 4.69) is 10.4 Å². The van der Waals surface area contributed by atoms with E-state index < -0.39 is 5.97 Å². The molecule has 0 saturated carbocycles. The number of nitrogens with zero attached hydrogens (tertiary/aromatic N) is 2. The Kier molecular flexibility index (Phi) is 3.55. The first-order valence-electron chi connectivity index (χ1n) is 6.14. The third-order valence-electron chi connectivity index (χ3n) is 2.91. The highest BCUT2D eigenvalue weighted by Crippen LogP contribution is 2.24. The molecular weight excluding hydrogens is 242 g/mol. The highest BCUT2D eigenvalue weighted by Gasteiger charge is 2.13. The summed E-state index contributed by atoms with van der Waals surface area (Å²) in [6.07, 6.45) is 2.64. The van der Waals surface area contributed by atoms with E-state index in [0.717, 1.165) is 23.4 Å². The standard InChI is InChI=1S/C14H17N3O2/c1-4-11-13(8-17(3)16-11)15-12-6-5-9(2)7-10(12)14(18)19/h5-8,15H,4H2,1-3H3,(H,18,19). The van der Waals surface area contributed by atoms with E-state index in [1.54, 1.807) is 16.8 Å². The Labute approximate surface area is 111 Å². The third kappa shape index (κ3) is 2.76. The van der Waals surface area contributed by atoms with Gasteiger partial charge in [-0.25, -0.2) is 4.79 Å². The number of aromatic nitrogens is 2. The lowest BCUT2D eigenvalue weighted by atomic mass is 10.1. The number of anilines is 2. The number of carbonyl (C=O) groups is 1. The van der Waals surface area contributed by atoms with Crippen LogP contribution >= 0.6 is 0 Å². The van der Waals surface area contributed by atoms with E-state index >= 15 is 0 Å². The van der Waals surface area contributed by atoms with E-state index in [4.69, 9.17) is 0 Å². The Bertz CT molecular complexity index is 617. The van der Waals surface area contributed by atoms with Gasteiger partial charge in [0.1, 0.15) is 0 Å². The molecule has 2 N–H and O–H groups in total. The number of carboxylic acid groups (broad SMARTS) is 1. The normalized spacial score (nSPS) is 10.5. The van der Waals surface area contributed by atoms with Crippen LogP contribution in [-0.2, 0) is 13.5 Å². The molecule has 2 aromatic rings. The first-order valence-corrected chi connectivity index (χ1v) is 6.14. The van der Waals surface area contributed by atoms with Gasteiger partial charge in [0.05, 0.1) is 22.6 Å². The maximum Gasteiger partial charge on any atom is 0.337 e. The Morgan fingerprint density at radius 1 is 1.42 bits per heavy atom. The number of benzene rings is 1. The number of aryl methyl sites for hydroxylation is 3. The van der Waals surface area contributed by atoms with Crippen molar-refractivity contribution >= 4 is 17.3 Å². The van der Waals surface area contributed by atoms with Gasteiger partial charge in [0.25, 0.3) is 0 Å². The van der Waals surface area contributed by atoms with Crippen LogP contribution in [0, 0.1) is 6.92 Å². The molecule has 19 heavy (non-hydrogen) atoms. The predicted molar refractivity (Wildman–Crippen MR) is 74.0 cm³/mol. The average Bonchev–Trinajstić information content (AvgIpc) is 2.71. The van der Waals surface area contributed by atoms with Gasteiger partial charge < -0.3 is 10.4 Å². The largest absolute Gasteiger partial charge is 0.478 e. The third-order valence-corrected chi connectivity index (χ3v) is 2.91. The van der Waals surface area contributed by atoms with Crippen molar-refractivity contribution in [2.75, 3.05) is 5.32 Å². The Morgan fingerprint density at radius 3 is 2.79 bits per heavy atom. The summed E-state index contributed by atoms with van der Waals surface area (Å²) in [7, 11) is 1.84. The number of nitrogens with one attached hydrogen (secondary N) is 1. The maximum absolute atomic E-state index is 11.3. The molecule has 0 radical (unpaired) electrons. The second-order valence-corrected chi connectivity index (χ2v) is 4.50. The van der Waals surface area contributed by atoms with E-state index in [-0.39, 0.29) is 5.56 Å². The van der Waals surface area contributed by atoms with E-state index in [0.29, 0.717) is 5.69 Å². The van der Waals surface area contributed by atoms with Crippen molar-refractivity contribution in [2.24, 2.45) is 7.05 Å². The Balaban J connectivity index is 2.40. The number of aromatic carboxylic acids is 1. The molecule has 100 valence electrons. The van der Waals surface area contributed by atoms with Crippen molar-refractivity contribution in [3.8, 4) is 0 Å². The van der Waals surface area contributed by atoms with Gasteiger partial charge in [-0.2, -0.15) is 5.10 Å². The minimum Gasteiger partial charge on any atom is -0.478 e. The number of rotatable bonds is 4. The summed E-state index contributed by atoms with van der Waals surface area (Å²) in [5.41, 5.74) is 3.53. The fourth-order valence-electron chi connectivity index (χ4n) is 1.99. The van der Waals surface area contributed by atoms with E-state index in [1.165, 1.54) is 0 Å². The van der Waals surface area contributed by atoms with E-state index in [9.17, 15) is 9.90 Å². The summed E-state index contributed by atoms with van der Waals surface area (Å²) >= 11 is 0. The van der Waals surface area contributed by atoms with Crippen molar-refractivity contribution < 1.29 is 9.90 Å². The lowest BCUT2D eigenvalue weighted by Gasteiger charge is -2.09. The summed E-state index contributed by atoms with van der Waals surface area (Å²) in [5.74, 6) is -0.937. The van der Waals surface area contributed by atoms with Crippen molar-refractivity contribution in [1.82, 2.24) is 9.78 Å². The van der Waals surface area contributed by atoms with Crippen LogP contribution in [0.4, 0.5) is 11.4 Å². The van der Waals surface area contributed by atoms with Crippen LogP contribution in [-0.4, -0.2) is 20.9 Å². The first kappa shape index (κ1) is 13.1. The molecule has 0 saturated heterocycles. The lowest BCUT2D eigenvalue weighted by Crippen LogP contribution is -2.03. The molecule has 2 rings (SSSR count). The fourth-order valence-corrected chi connectivity index (χ4v) is 1.99. The van der Waals surface area contributed by atoms with Crippen LogP contribution in [0.2, 0.25) is 0 Å². The number of hydrogen-bond acceptors (Lipinski definition) is 3. The minimum absolute atomic E-state index is 0.269. The summed E-state index contributed by atoms with van der Waals surface area (Å²) in [4.78, 5) is 11.3. The van der Waals surface area contributed by atoms with Crippen LogP contribution in [0.15, 0.2) is 24.4 Å². The monoisotopic (exact) mass is 259 g/mol. The summed E-state index contributed by atoms with van der Waals surface area (Å²) in [5, 5.41) is 16.7. The second kappa shape index (κ2) is 5.14. The van der Waals surface area contributed by atoms with Crippen molar-refractivity contribution in [3.63, 3.8) is 0 Å². The predicted octanol–water partition coefficient (Wildman–Crippen LogP) is 2.73. The lowest BCUT2D eigenvalue weighted by molar-refractivity contribution is 0.0698. The minimum atomic E-state index is -0.937. The smallest absolute Gasteiger partial charge is 0.337 e. The molecule has 0 atom stereocenters. The van der Waals surface area contributed by atoms with Gasteiger partial charge in [0, 0.05) is 13.2 Å². The molecule has 1 aromatic heterocycles. The van der Waals surface area contributed by atoms with Gasteiger partial charge >= 0.3 is 5.97 Å². The van der Waals surface area contributed by atoms with Crippen LogP contribution in [0.25, 0.3) is 0 Å². The molecule has 0 aliphatic heterocycles. The number of carboxylic acids is 1. The summed E-state index contributed by atoms with van der Waals surface area (Å²) in [6, 6.07) is 5.33. The molecule has 0 fully saturated rings. The van der Waals surface area contributed by atoms with Crippen LogP contribution < -0.4 is 5.32 Å². The van der Waals surface area contributed by atoms with Gasteiger partial charge in [0.15, 0.2) is 0 Å². The molecule has 0 amide bonds. The average molecular weight is 259 g/mol. The molecule has 5 nitrogen and oxygen atoms in total. The van der Waals surface area contributed by atoms with Gasteiger partial charge in [0.2, 0.25) is 0 Å². The highest BCUT2D eigenvalue weighted by atomic mass is 16.4. The van der Waals surface area contributed by atoms with E-state index in [1.807, 2.05) is 33.2 Å². The van der Waals surface area contributed by atoms with Crippen molar-refractivity contribution in [2.45, 2.75) is 20.3 Å². The molecule has 0 aliphatic carbocycles. The first-order chi connectivity index (χ1) is 9.01. The summed E-state index contributed by atoms with van der Waals surface area (Å²) in [6.45, 7) is 3.89. The van der Waals surface area contributed by atoms with Crippen molar-refractivity contribution in [1.29, 1.82) is 0 Å². The quantitative estimate of drug-likeness (QED) is 0.886. The number of hydrogen-bond donors (Lipinski definition) is 2. The molecule has 0 unspecified atom stereocenters. The fraction of sp³-hybridized carbons (Fsp3) is 0.286. The Morgan fingerprint density at radius 2 is 2.16 bits per heavy atom. The SMILES string of the molecule is CCc1nn(C)cc1Nc1ccc(C)cc1C(=O)O. The molecule has 0 spiro atoms. The Hall–Kier alpha value is -2.30. The molecule has 1 aromatic carbocycles. The second-order valence-electron chi connectivity index (χ2n) is 4.50.